The van der Waals surface area contributed by atoms with E-state index in [0.717, 1.165) is 22.5 Å². The Morgan fingerprint density at radius 2 is 0.921 bits per heavy atom. The normalized spacial score (nSPS) is 13.7. The predicted molar refractivity (Wildman–Crippen MR) is 261 cm³/mol. The number of para-hydroxylation sites is 1. The van der Waals surface area contributed by atoms with Crippen molar-refractivity contribution in [3.63, 3.8) is 0 Å². The summed E-state index contributed by atoms with van der Waals surface area (Å²) in [6.45, 7) is 46.8. The van der Waals surface area contributed by atoms with E-state index in [-0.39, 0.29) is 38.2 Å². The van der Waals surface area contributed by atoms with Crippen molar-refractivity contribution in [2.24, 2.45) is 9.98 Å². The molecule has 7 heteroatoms. The van der Waals surface area contributed by atoms with Crippen LogP contribution in [0.1, 0.15) is 209 Å². The van der Waals surface area contributed by atoms with E-state index in [0.29, 0.717) is 46.0 Å². The van der Waals surface area contributed by atoms with Crippen molar-refractivity contribution < 1.29 is 36.2 Å². The first-order valence-electron chi connectivity index (χ1n) is 22.5. The number of hydrogen-bond donors (Lipinski definition) is 0. The molecule has 1 heterocycles. The Balaban J connectivity index is 0.000000331. The Morgan fingerprint density at radius 1 is 0.476 bits per heavy atom. The van der Waals surface area contributed by atoms with E-state index in [1.807, 2.05) is 60.0 Å². The van der Waals surface area contributed by atoms with Gasteiger partial charge in [-0.05, 0) is 95.4 Å². The summed E-state index contributed by atoms with van der Waals surface area (Å²) >= 11 is 0. The van der Waals surface area contributed by atoms with Crippen molar-refractivity contribution in [2.75, 3.05) is 0 Å². The van der Waals surface area contributed by atoms with E-state index in [2.05, 4.69) is 153 Å². The van der Waals surface area contributed by atoms with Crippen molar-refractivity contribution >= 4 is 23.8 Å². The van der Waals surface area contributed by atoms with Crippen LogP contribution in [-0.4, -0.2) is 12.4 Å². The molecule has 346 valence electrons. The summed E-state index contributed by atoms with van der Waals surface area (Å²) in [4.78, 5) is 9.69. The third kappa shape index (κ3) is 12.2. The minimum Gasteiger partial charge on any atom is -0.873 e. The van der Waals surface area contributed by atoms with Crippen LogP contribution in [0.25, 0.3) is 0 Å². The second-order valence-electron chi connectivity index (χ2n) is 24.0. The molecule has 63 heavy (non-hydrogen) atoms. The number of fused-ring (bicyclic) bond motifs is 2. The van der Waals surface area contributed by atoms with Crippen LogP contribution in [0, 0.1) is 0 Å². The fourth-order valence-electron chi connectivity index (χ4n) is 7.82. The van der Waals surface area contributed by atoms with Gasteiger partial charge >= 0.3 is 16.5 Å². The van der Waals surface area contributed by atoms with Gasteiger partial charge < -0.3 is 19.7 Å². The number of rotatable bonds is 5. The van der Waals surface area contributed by atoms with Crippen molar-refractivity contribution in [3.05, 3.63) is 93.0 Å². The van der Waals surface area contributed by atoms with Gasteiger partial charge in [-0.3, -0.25) is 9.98 Å². The van der Waals surface area contributed by atoms with Gasteiger partial charge in [-0.25, -0.2) is 0 Å². The summed E-state index contributed by atoms with van der Waals surface area (Å²) in [5, 5.41) is 26.6. The molecule has 0 fully saturated rings. The average Bonchev–Trinajstić information content (AvgIpc) is 3.10. The monoisotopic (exact) mass is 901 g/mol. The summed E-state index contributed by atoms with van der Waals surface area (Å²) < 4.78 is 13.1. The maximum atomic E-state index is 13.3. The maximum absolute atomic E-state index is 13.3. The van der Waals surface area contributed by atoms with Crippen LogP contribution in [0.4, 0.5) is 11.4 Å². The Labute approximate surface area is 392 Å². The zero-order chi connectivity index (χ0) is 47.3. The van der Waals surface area contributed by atoms with Gasteiger partial charge in [-0.15, -0.1) is 11.5 Å². The average molecular weight is 902 g/mol. The van der Waals surface area contributed by atoms with Gasteiger partial charge in [0.25, 0.3) is 0 Å². The van der Waals surface area contributed by atoms with Crippen LogP contribution in [0.3, 0.4) is 0 Å². The van der Waals surface area contributed by atoms with Gasteiger partial charge in [0.15, 0.2) is 23.0 Å². The summed E-state index contributed by atoms with van der Waals surface area (Å²) in [5.74, 6) is 1.85. The standard InChI is InChI=1S/C28H40N2.C28H40O4.Ni/c1-19(2)22-12-11-13-23(20(3)4)26(22)30-17-16-29-25-18-21(27(5,6)7)14-15-24(25)28(8,9)10;1-25(2,3)15-13-16(26(4,5)6)22-17(14-15)31-23-18(27(7,8)9)20(29)21(30)19(24(23)32-22)28(10,11)12;/h11-20H,1-10H3;13-14,29-30H,1-12H3;/q;;+2/p-2. The zero-order valence-corrected chi connectivity index (χ0v) is 43.8. The molecule has 5 rings (SSSR count). The second-order valence-corrected chi connectivity index (χ2v) is 24.0. The molecule has 1 aliphatic heterocycles. The Morgan fingerprint density at radius 3 is 1.33 bits per heavy atom. The van der Waals surface area contributed by atoms with Crippen LogP contribution >= 0.6 is 0 Å². The number of aliphatic imine (C=N–C) groups is 2. The molecule has 0 bridgehead atoms. The quantitative estimate of drug-likeness (QED) is 0.130. The molecule has 0 N–H and O–H groups in total. The minimum absolute atomic E-state index is 0. The Bertz CT molecular complexity index is 2300. The molecular weight excluding hydrogens is 823 g/mol. The molecule has 0 saturated heterocycles. The fourth-order valence-corrected chi connectivity index (χ4v) is 7.82. The van der Waals surface area contributed by atoms with E-state index < -0.39 is 22.3 Å². The molecule has 6 nitrogen and oxygen atoms in total. The SMILES string of the molecule is CC(C)(C)c1cc2c(c(C(C)(C)C)c1)Oc1c(c(C(C)(C)C)c([O-])c([O-])c1C(C)(C)C)O2.CC(C)c1cccc(C(C)C)c1N=CC=Nc1cc(C(C)(C)C)ccc1C(C)(C)C.[Ni+2]. The molecule has 0 radical (unpaired) electrons. The van der Waals surface area contributed by atoms with Crippen molar-refractivity contribution in [1.29, 1.82) is 0 Å². The Hall–Kier alpha value is -4.09. The van der Waals surface area contributed by atoms with Gasteiger partial charge in [0.05, 0.1) is 11.4 Å². The number of benzene rings is 4. The number of ether oxygens (including phenoxy) is 2. The topological polar surface area (TPSA) is 89.3 Å². The molecule has 0 aromatic heterocycles. The van der Waals surface area contributed by atoms with Gasteiger partial charge in [-0.2, -0.15) is 0 Å². The molecule has 0 unspecified atom stereocenters. The van der Waals surface area contributed by atoms with Crippen LogP contribution in [0.5, 0.6) is 34.5 Å². The summed E-state index contributed by atoms with van der Waals surface area (Å²) in [5.41, 5.74) is 8.81. The van der Waals surface area contributed by atoms with E-state index in [4.69, 9.17) is 19.5 Å². The van der Waals surface area contributed by atoms with Crippen LogP contribution in [-0.2, 0) is 49.0 Å². The van der Waals surface area contributed by atoms with Crippen molar-refractivity contribution in [3.8, 4) is 34.5 Å². The number of hydrogen-bond acceptors (Lipinski definition) is 6. The van der Waals surface area contributed by atoms with Crippen LogP contribution in [0.2, 0.25) is 0 Å². The molecular formula is C56H78N2NiO4. The minimum atomic E-state index is -0.579. The van der Waals surface area contributed by atoms with E-state index >= 15 is 0 Å². The fraction of sp³-hybridized carbons (Fsp3) is 0.536. The van der Waals surface area contributed by atoms with E-state index in [9.17, 15) is 10.2 Å². The smallest absolute Gasteiger partial charge is 0.873 e. The summed E-state index contributed by atoms with van der Waals surface area (Å²) in [6, 6.07) is 17.4. The molecule has 0 saturated carbocycles. The van der Waals surface area contributed by atoms with Crippen molar-refractivity contribution in [1.82, 2.24) is 0 Å². The third-order valence-corrected chi connectivity index (χ3v) is 11.5. The molecule has 4 aromatic rings. The zero-order valence-electron chi connectivity index (χ0n) is 42.8. The predicted octanol–water partition coefficient (Wildman–Crippen LogP) is 15.6. The first kappa shape index (κ1) is 53.3. The van der Waals surface area contributed by atoms with Gasteiger partial charge in [0.2, 0.25) is 0 Å². The third-order valence-electron chi connectivity index (χ3n) is 11.5. The molecule has 4 aromatic carbocycles. The molecule has 1 aliphatic rings. The number of nitrogens with zero attached hydrogens (tertiary/aromatic N) is 2. The molecule has 0 amide bonds. The summed E-state index contributed by atoms with van der Waals surface area (Å²) in [6.07, 6.45) is 3.70. The largest absolute Gasteiger partial charge is 2.00 e. The van der Waals surface area contributed by atoms with E-state index in [1.165, 1.54) is 22.3 Å². The first-order valence-corrected chi connectivity index (χ1v) is 22.5. The Kier molecular flexibility index (Phi) is 15.9. The molecule has 0 aliphatic carbocycles. The van der Waals surface area contributed by atoms with Gasteiger partial charge in [0, 0.05) is 18.0 Å². The van der Waals surface area contributed by atoms with Crippen molar-refractivity contribution in [2.45, 2.75) is 197 Å². The van der Waals surface area contributed by atoms with Crippen LogP contribution < -0.4 is 19.7 Å². The van der Waals surface area contributed by atoms with Gasteiger partial charge in [0.1, 0.15) is 0 Å². The molecule has 0 atom stereocenters. The summed E-state index contributed by atoms with van der Waals surface area (Å²) in [7, 11) is 0. The second kappa shape index (κ2) is 18.8. The van der Waals surface area contributed by atoms with Gasteiger partial charge in [-0.1, -0.05) is 189 Å². The van der Waals surface area contributed by atoms with Crippen LogP contribution in [0.15, 0.2) is 58.5 Å². The maximum Gasteiger partial charge on any atom is 2.00 e. The first-order chi connectivity index (χ1) is 28.1. The molecule has 0 spiro atoms. The van der Waals surface area contributed by atoms with E-state index in [1.54, 1.807) is 0 Å².